The maximum atomic E-state index is 13.9. The molecule has 2 saturated heterocycles. The van der Waals surface area contributed by atoms with Crippen LogP contribution in [0.25, 0.3) is 0 Å². The van der Waals surface area contributed by atoms with E-state index in [9.17, 15) is 18.0 Å². The fourth-order valence-corrected chi connectivity index (χ4v) is 7.30. The molecule has 198 valence electrons. The monoisotopic (exact) mass is 524 g/mol. The van der Waals surface area contributed by atoms with Crippen molar-refractivity contribution in [2.24, 2.45) is 0 Å². The molecule has 2 heterocycles. The Morgan fingerprint density at radius 1 is 0.892 bits per heavy atom. The molecule has 0 aromatic heterocycles. The zero-order chi connectivity index (χ0) is 26.2. The predicted molar refractivity (Wildman–Crippen MR) is 143 cm³/mol. The van der Waals surface area contributed by atoms with Crippen LogP contribution in [0.4, 0.5) is 10.5 Å². The van der Waals surface area contributed by atoms with Gasteiger partial charge in [-0.05, 0) is 56.0 Å². The molecule has 0 unspecified atom stereocenters. The largest absolute Gasteiger partial charge is 0.368 e. The standard InChI is InChI=1S/C28H36N4O4S/c1-21-13-14-22(2)25(19-21)29-15-17-30(18-16-29)27(33)26-20-31(37(35,36)24-11-7-4-8-12-24)28(34)32(26)23-9-5-3-6-10-23/h4,7-8,11-14,19,23,26H,3,5-6,9-10,15-18,20H2,1-2H3/t26-/m0/s1. The number of benzene rings is 2. The molecule has 0 spiro atoms. The summed E-state index contributed by atoms with van der Waals surface area (Å²) >= 11 is 0. The quantitative estimate of drug-likeness (QED) is 0.595. The van der Waals surface area contributed by atoms with E-state index in [-0.39, 0.29) is 23.4 Å². The van der Waals surface area contributed by atoms with Gasteiger partial charge >= 0.3 is 6.03 Å². The first-order valence-corrected chi connectivity index (χ1v) is 14.7. The molecule has 8 nitrogen and oxygen atoms in total. The average molecular weight is 525 g/mol. The third kappa shape index (κ3) is 4.93. The van der Waals surface area contributed by atoms with Crippen molar-refractivity contribution in [3.05, 3.63) is 59.7 Å². The van der Waals surface area contributed by atoms with Crippen molar-refractivity contribution >= 4 is 27.6 Å². The number of carbonyl (C=O) groups is 2. The smallest absolute Gasteiger partial charge is 0.335 e. The van der Waals surface area contributed by atoms with Gasteiger partial charge in [-0.1, -0.05) is 49.6 Å². The van der Waals surface area contributed by atoms with Crippen LogP contribution in [-0.2, 0) is 14.8 Å². The van der Waals surface area contributed by atoms with Crippen molar-refractivity contribution in [3.63, 3.8) is 0 Å². The minimum absolute atomic E-state index is 0.0715. The van der Waals surface area contributed by atoms with Crippen LogP contribution in [-0.4, -0.2) is 79.3 Å². The van der Waals surface area contributed by atoms with E-state index >= 15 is 0 Å². The number of piperazine rings is 1. The van der Waals surface area contributed by atoms with Gasteiger partial charge in [-0.25, -0.2) is 17.5 Å². The SMILES string of the molecule is Cc1ccc(C)c(N2CCN(C(=O)[C@@H]3CN(S(=O)(=O)c4ccccc4)C(=O)N3C3CCCCC3)CC2)c1. The molecule has 3 amide bonds. The Hall–Kier alpha value is -3.07. The van der Waals surface area contributed by atoms with Gasteiger partial charge < -0.3 is 14.7 Å². The molecular formula is C28H36N4O4S. The lowest BCUT2D eigenvalue weighted by Crippen LogP contribution is -2.56. The highest BCUT2D eigenvalue weighted by molar-refractivity contribution is 7.89. The normalized spacial score (nSPS) is 21.6. The van der Waals surface area contributed by atoms with Crippen LogP contribution in [0.2, 0.25) is 0 Å². The Balaban J connectivity index is 1.36. The van der Waals surface area contributed by atoms with Crippen molar-refractivity contribution in [2.75, 3.05) is 37.6 Å². The second kappa shape index (κ2) is 10.4. The van der Waals surface area contributed by atoms with Gasteiger partial charge in [-0.15, -0.1) is 0 Å². The summed E-state index contributed by atoms with van der Waals surface area (Å²) in [4.78, 5) is 33.3. The van der Waals surface area contributed by atoms with Gasteiger partial charge in [0.25, 0.3) is 10.0 Å². The molecule has 37 heavy (non-hydrogen) atoms. The number of hydrogen-bond donors (Lipinski definition) is 0. The molecule has 1 saturated carbocycles. The molecule has 2 aliphatic heterocycles. The van der Waals surface area contributed by atoms with Gasteiger partial charge in [0.2, 0.25) is 5.91 Å². The van der Waals surface area contributed by atoms with Crippen LogP contribution < -0.4 is 4.90 Å². The number of carbonyl (C=O) groups excluding carboxylic acids is 2. The van der Waals surface area contributed by atoms with E-state index < -0.39 is 22.1 Å². The lowest BCUT2D eigenvalue weighted by atomic mass is 9.93. The molecule has 0 bridgehead atoms. The topological polar surface area (TPSA) is 81.2 Å². The number of urea groups is 1. The summed E-state index contributed by atoms with van der Waals surface area (Å²) in [6.45, 7) is 6.53. The molecule has 2 aromatic carbocycles. The summed E-state index contributed by atoms with van der Waals surface area (Å²) in [6.07, 6.45) is 4.67. The average Bonchev–Trinajstić information content (AvgIpc) is 3.28. The number of amides is 3. The van der Waals surface area contributed by atoms with E-state index in [0.29, 0.717) is 26.2 Å². The van der Waals surface area contributed by atoms with E-state index in [1.54, 1.807) is 23.1 Å². The van der Waals surface area contributed by atoms with Crippen molar-refractivity contribution < 1.29 is 18.0 Å². The number of anilines is 1. The van der Waals surface area contributed by atoms with Crippen molar-refractivity contribution in [3.8, 4) is 0 Å². The highest BCUT2D eigenvalue weighted by Crippen LogP contribution is 2.33. The van der Waals surface area contributed by atoms with Gasteiger partial charge in [0.15, 0.2) is 0 Å². The van der Waals surface area contributed by atoms with E-state index in [0.717, 1.165) is 36.4 Å². The molecular weight excluding hydrogens is 488 g/mol. The summed E-state index contributed by atoms with van der Waals surface area (Å²) < 4.78 is 27.8. The third-order valence-corrected chi connectivity index (χ3v) is 9.74. The third-order valence-electron chi connectivity index (χ3n) is 7.99. The van der Waals surface area contributed by atoms with Crippen LogP contribution in [0.15, 0.2) is 53.4 Å². The van der Waals surface area contributed by atoms with Crippen molar-refractivity contribution in [1.82, 2.24) is 14.1 Å². The fourth-order valence-electron chi connectivity index (χ4n) is 5.91. The molecule has 0 radical (unpaired) electrons. The number of hydrogen-bond acceptors (Lipinski definition) is 5. The van der Waals surface area contributed by atoms with Crippen LogP contribution in [0.3, 0.4) is 0 Å². The van der Waals surface area contributed by atoms with Gasteiger partial charge in [-0.3, -0.25) is 4.79 Å². The molecule has 1 aliphatic carbocycles. The van der Waals surface area contributed by atoms with Crippen molar-refractivity contribution in [2.45, 2.75) is 62.9 Å². The Kier molecular flexibility index (Phi) is 7.16. The molecule has 3 fully saturated rings. The van der Waals surface area contributed by atoms with Crippen LogP contribution in [0, 0.1) is 13.8 Å². The maximum absolute atomic E-state index is 13.9. The first-order valence-electron chi connectivity index (χ1n) is 13.3. The van der Waals surface area contributed by atoms with Gasteiger partial charge in [-0.2, -0.15) is 0 Å². The first-order chi connectivity index (χ1) is 17.8. The number of nitrogens with zero attached hydrogens (tertiary/aromatic N) is 4. The first kappa shape index (κ1) is 25.6. The molecule has 0 N–H and O–H groups in total. The molecule has 5 rings (SSSR count). The Morgan fingerprint density at radius 2 is 1.57 bits per heavy atom. The van der Waals surface area contributed by atoms with E-state index in [4.69, 9.17) is 0 Å². The Bertz CT molecular complexity index is 1250. The van der Waals surface area contributed by atoms with Gasteiger partial charge in [0.05, 0.1) is 11.4 Å². The highest BCUT2D eigenvalue weighted by atomic mass is 32.2. The lowest BCUT2D eigenvalue weighted by molar-refractivity contribution is -0.136. The van der Waals surface area contributed by atoms with Crippen LogP contribution in [0.5, 0.6) is 0 Å². The van der Waals surface area contributed by atoms with E-state index in [1.165, 1.54) is 28.9 Å². The molecule has 1 atom stereocenters. The minimum Gasteiger partial charge on any atom is -0.368 e. The number of sulfonamides is 1. The van der Waals surface area contributed by atoms with Gasteiger partial charge in [0, 0.05) is 37.9 Å². The number of rotatable bonds is 5. The maximum Gasteiger partial charge on any atom is 0.335 e. The molecule has 9 heteroatoms. The summed E-state index contributed by atoms with van der Waals surface area (Å²) in [7, 11) is -4.05. The predicted octanol–water partition coefficient (Wildman–Crippen LogP) is 3.78. The van der Waals surface area contributed by atoms with Crippen LogP contribution >= 0.6 is 0 Å². The van der Waals surface area contributed by atoms with Gasteiger partial charge in [0.1, 0.15) is 6.04 Å². The van der Waals surface area contributed by atoms with E-state index in [1.807, 2.05) is 4.90 Å². The summed E-state index contributed by atoms with van der Waals surface area (Å²) in [5.74, 6) is -0.148. The summed E-state index contributed by atoms with van der Waals surface area (Å²) in [5.41, 5.74) is 3.59. The zero-order valence-corrected chi connectivity index (χ0v) is 22.5. The second-order valence-electron chi connectivity index (χ2n) is 10.4. The van der Waals surface area contributed by atoms with Crippen LogP contribution in [0.1, 0.15) is 43.2 Å². The number of aryl methyl sites for hydroxylation is 2. The Labute approximate surface area is 219 Å². The zero-order valence-electron chi connectivity index (χ0n) is 21.7. The lowest BCUT2D eigenvalue weighted by Gasteiger charge is -2.40. The highest BCUT2D eigenvalue weighted by Gasteiger charge is 2.50. The fraction of sp³-hybridized carbons (Fsp3) is 0.500. The van der Waals surface area contributed by atoms with Crippen molar-refractivity contribution in [1.29, 1.82) is 0 Å². The summed E-state index contributed by atoms with van der Waals surface area (Å²) in [6, 6.07) is 13.0. The van der Waals surface area contributed by atoms with E-state index in [2.05, 4.69) is 36.9 Å². The molecule has 3 aliphatic rings. The second-order valence-corrected chi connectivity index (χ2v) is 12.3. The molecule has 2 aromatic rings. The Morgan fingerprint density at radius 3 is 2.24 bits per heavy atom. The minimum atomic E-state index is -4.05. The summed E-state index contributed by atoms with van der Waals surface area (Å²) in [5, 5.41) is 0.